The minimum atomic E-state index is -2.48. The van der Waals surface area contributed by atoms with Crippen LogP contribution in [0.25, 0.3) is 14.9 Å². The van der Waals surface area contributed by atoms with Crippen LogP contribution in [-0.2, 0) is 65.2 Å². The van der Waals surface area contributed by atoms with Gasteiger partial charge in [-0.3, -0.25) is 0 Å². The van der Waals surface area contributed by atoms with Gasteiger partial charge in [0, 0.05) is 43.7 Å². The average Bonchev–Trinajstić information content (AvgIpc) is 1.58. The molecule has 3 aliphatic heterocycles. The first kappa shape index (κ1) is 101. The van der Waals surface area contributed by atoms with Gasteiger partial charge in [0.2, 0.25) is 0 Å². The number of nitrogens with zero attached hydrogens (tertiary/aromatic N) is 3. The monoisotopic (exact) mass is 1580 g/mol. The number of hydrogen-bond acceptors (Lipinski definition) is 3. The fourth-order valence-corrected chi connectivity index (χ4v) is 42.0. The summed E-state index contributed by atoms with van der Waals surface area (Å²) in [6.07, 6.45) is 0. The Hall–Kier alpha value is -1.52. The van der Waals surface area contributed by atoms with Crippen LogP contribution >= 0.6 is 46.9 Å². The van der Waals surface area contributed by atoms with E-state index in [-0.39, 0.29) is 154 Å². The van der Waals surface area contributed by atoms with E-state index in [1.165, 1.54) is 41.0 Å². The molecule has 3 heterocycles. The summed E-state index contributed by atoms with van der Waals surface area (Å²) in [5.74, 6) is 5.52. The van der Waals surface area contributed by atoms with Crippen LogP contribution in [0.15, 0.2) is 197 Å². The van der Waals surface area contributed by atoms with Crippen molar-refractivity contribution in [2.75, 3.05) is 0 Å². The molecule has 0 radical (unpaired) electrons. The maximum atomic E-state index is 13.7. The number of benzene rings is 7. The number of thioether (sulfide) groups is 3. The first-order valence-electron chi connectivity index (χ1n) is 32.7. The third-order valence-electron chi connectivity index (χ3n) is 21.3. The van der Waals surface area contributed by atoms with Gasteiger partial charge in [0.15, 0.2) is 0 Å². The van der Waals surface area contributed by atoms with Crippen molar-refractivity contribution in [2.45, 2.75) is 198 Å². The SMILES string of the molecule is CC1C(C)C([Si](C)([N-]C(C)(C)C)c2ccc(F)cc2)C2Sc3ccccc3C12.CC1C(C)C([Si](C)([N-]C(C)(C)C)c2cccc(Cl)c2)C2Sc3ccccc3C12.CC1C(C)C([Si]([N-]C(C)(C)C)(c2ccccc2)c2ccccc2)C2Sc3ccccc3C12.[CH3-].[CH3-].[CH3-].[CH3-].[CH3-].[CH3-].[CH3-].[CH3-].[CH3-].[Ti+4].[Ti+4].[Ti+4]. The summed E-state index contributed by atoms with van der Waals surface area (Å²) in [5.41, 5.74) is 6.09. The molecule has 3 saturated carbocycles. The van der Waals surface area contributed by atoms with Gasteiger partial charge in [-0.2, -0.15) is 0 Å². The zero-order chi connectivity index (χ0) is 63.0. The smallest absolute Gasteiger partial charge is 0.656 e. The quantitative estimate of drug-likeness (QED) is 0.101. The molecule has 0 aromatic heterocycles. The van der Waals surface area contributed by atoms with Crippen LogP contribution in [0, 0.1) is 108 Å². The van der Waals surface area contributed by atoms with Crippen molar-refractivity contribution < 1.29 is 69.5 Å². The molecule has 3 nitrogen and oxygen atoms in total. The van der Waals surface area contributed by atoms with E-state index in [0.717, 1.165) is 5.02 Å². The second-order valence-electron chi connectivity index (χ2n) is 30.3. The summed E-state index contributed by atoms with van der Waals surface area (Å²) in [6.45, 7) is 40.0. The van der Waals surface area contributed by atoms with Crippen molar-refractivity contribution in [1.82, 2.24) is 0 Å². The fraction of sp³-hybridized carbons (Fsp3) is 0.407. The van der Waals surface area contributed by atoms with Gasteiger partial charge >= 0.3 is 65.2 Å². The molecule has 17 atom stereocenters. The third kappa shape index (κ3) is 19.7. The molecule has 3 aliphatic carbocycles. The van der Waals surface area contributed by atoms with Crippen LogP contribution in [0.2, 0.25) is 34.7 Å². The molecule has 0 saturated heterocycles. The van der Waals surface area contributed by atoms with Crippen LogP contribution < -0.4 is 20.7 Å². The Morgan fingerprint density at radius 1 is 0.340 bits per heavy atom. The molecule has 6 aliphatic rings. The molecule has 0 amide bonds. The molecule has 3 fully saturated rings. The van der Waals surface area contributed by atoms with Gasteiger partial charge in [0.05, 0.1) is 0 Å². The minimum Gasteiger partial charge on any atom is -0.656 e. The second kappa shape index (κ2) is 39.5. The summed E-state index contributed by atoms with van der Waals surface area (Å²) >= 11 is 12.8. The van der Waals surface area contributed by atoms with Crippen molar-refractivity contribution in [3.05, 3.63) is 291 Å². The molecule has 0 bridgehead atoms. The largest absolute Gasteiger partial charge is 4.00 e. The molecule has 17 unspecified atom stereocenters. The van der Waals surface area contributed by atoms with E-state index in [2.05, 4.69) is 304 Å². The summed E-state index contributed by atoms with van der Waals surface area (Å²) in [6, 6.07) is 65.6. The van der Waals surface area contributed by atoms with E-state index < -0.39 is 24.7 Å². The van der Waals surface area contributed by atoms with E-state index in [9.17, 15) is 4.39 Å². The third-order valence-corrected chi connectivity index (χ3v) is 41.7. The summed E-state index contributed by atoms with van der Waals surface area (Å²) in [4.78, 5) is 21.5. The molecular formula is C86H123ClFN3S3Si3Ti3. The molecule has 14 heteroatoms. The van der Waals surface area contributed by atoms with Crippen LogP contribution in [0.4, 0.5) is 4.39 Å². The van der Waals surface area contributed by atoms with Crippen LogP contribution in [0.3, 0.4) is 0 Å². The summed E-state index contributed by atoms with van der Waals surface area (Å²) < 4.78 is 13.7. The Bertz CT molecular complexity index is 3540. The Morgan fingerprint density at radius 2 is 0.630 bits per heavy atom. The van der Waals surface area contributed by atoms with Crippen molar-refractivity contribution in [1.29, 1.82) is 0 Å². The normalized spacial score (nSPS) is 26.2. The number of rotatable bonds is 10. The Kier molecular flexibility index (Phi) is 39.8. The molecular weight excluding hydrogens is 1450 g/mol. The molecule has 13 rings (SSSR count). The first-order valence-corrected chi connectivity index (χ1v) is 42.8. The molecule has 7 aromatic rings. The van der Waals surface area contributed by atoms with E-state index in [0.29, 0.717) is 85.6 Å². The fourth-order valence-electron chi connectivity index (χ4n) is 17.9. The molecule has 7 aromatic carbocycles. The van der Waals surface area contributed by atoms with E-state index in [1.54, 1.807) is 23.3 Å². The molecule has 0 N–H and O–H groups in total. The van der Waals surface area contributed by atoms with Gasteiger partial charge in [-0.25, -0.2) is 4.39 Å². The van der Waals surface area contributed by atoms with Gasteiger partial charge in [-0.1, -0.05) is 289 Å². The van der Waals surface area contributed by atoms with Crippen molar-refractivity contribution >= 4 is 92.3 Å². The van der Waals surface area contributed by atoms with Gasteiger partial charge in [-0.05, 0) is 146 Å². The first-order chi connectivity index (χ1) is 41.6. The topological polar surface area (TPSA) is 42.3 Å². The van der Waals surface area contributed by atoms with Gasteiger partial charge in [0.1, 0.15) is 5.82 Å². The second-order valence-corrected chi connectivity index (χ2v) is 45.5. The van der Waals surface area contributed by atoms with Crippen LogP contribution in [0.1, 0.15) is 138 Å². The predicted octanol–water partition coefficient (Wildman–Crippen LogP) is 24.8. The zero-order valence-corrected chi connectivity index (χ0v) is 76.7. The standard InChI is InChI=1S/C29H34NSSi.C24H31ClNSSi.C24H31FNSSi.9CH3.3Ti/c1-20-21(2)28(27-26(20)24-18-12-13-19-25(24)31-27)32(30-29(3,4)5,22-14-8-6-9-15-22)23-16-10-7-11-17-23;1-15-16(2)23(22-21(15)19-12-7-8-13-20(19)27-22)28(6,26-24(3,4)5)18-11-9-10-17(25)14-18;1-15-16(2)23(22-21(15)19-9-7-8-10-20(19)27-22)28(6,26-24(3,4)5)18-13-11-17(25)12-14-18;;;;;;;;;;;;/h6-21,26-28H,1-5H3;2*7-16,21-23H,1-6H3;9*1H3;;;/q12*-1;3*+4. The predicted molar refractivity (Wildman–Crippen MR) is 448 cm³/mol. The van der Waals surface area contributed by atoms with Gasteiger partial charge in [-0.15, -0.1) is 51.9 Å². The molecule has 0 spiro atoms. The maximum absolute atomic E-state index is 13.7. The Labute approximate surface area is 680 Å². The van der Waals surface area contributed by atoms with Crippen LogP contribution in [-0.4, -0.2) is 57.1 Å². The number of hydrogen-bond donors (Lipinski definition) is 0. The average molecular weight is 1580 g/mol. The van der Waals surface area contributed by atoms with Crippen molar-refractivity contribution in [3.63, 3.8) is 0 Å². The summed E-state index contributed by atoms with van der Waals surface area (Å²) in [5, 5.41) is 8.17. The van der Waals surface area contributed by atoms with Crippen molar-refractivity contribution in [3.8, 4) is 0 Å². The van der Waals surface area contributed by atoms with Gasteiger partial charge < -0.3 is 81.8 Å². The number of halogens is 2. The maximum Gasteiger partial charge on any atom is 4.00 e. The molecule has 538 valence electrons. The van der Waals surface area contributed by atoms with Crippen molar-refractivity contribution in [2.24, 2.45) is 35.5 Å². The van der Waals surface area contributed by atoms with Crippen LogP contribution in [0.5, 0.6) is 0 Å². The zero-order valence-electron chi connectivity index (χ0n) is 65.8. The Morgan fingerprint density at radius 3 is 0.960 bits per heavy atom. The number of fused-ring (bicyclic) bond motifs is 9. The Balaban J connectivity index is 0. The summed E-state index contributed by atoms with van der Waals surface area (Å²) in [7, 11) is -6.89. The van der Waals surface area contributed by atoms with E-state index >= 15 is 0 Å². The van der Waals surface area contributed by atoms with Gasteiger partial charge in [0.25, 0.3) is 0 Å². The van der Waals surface area contributed by atoms with E-state index in [4.69, 9.17) is 26.5 Å². The minimum absolute atomic E-state index is 0. The molecule has 100 heavy (non-hydrogen) atoms. The van der Waals surface area contributed by atoms with E-state index in [1.807, 2.05) is 18.2 Å².